The standard InChI is InChI=1S/C14H22N2O3S/c1-9(6-7-17)20-10(2)14(18)16-12-5-4-11(15)8-13(12)19-3/h4-5,8-10,17H,6-7,15H2,1-3H3,(H,16,18). The lowest BCUT2D eigenvalue weighted by molar-refractivity contribution is -0.115. The van der Waals surface area contributed by atoms with Crippen molar-refractivity contribution in [2.24, 2.45) is 0 Å². The van der Waals surface area contributed by atoms with E-state index in [1.807, 2.05) is 13.8 Å². The summed E-state index contributed by atoms with van der Waals surface area (Å²) in [6.07, 6.45) is 0.674. The molecule has 1 aromatic carbocycles. The fraction of sp³-hybridized carbons (Fsp3) is 0.500. The van der Waals surface area contributed by atoms with Gasteiger partial charge in [0.15, 0.2) is 0 Å². The number of aliphatic hydroxyl groups is 1. The molecule has 4 N–H and O–H groups in total. The Labute approximate surface area is 123 Å². The number of nitrogens with two attached hydrogens (primary N) is 1. The average molecular weight is 298 g/mol. The molecule has 0 saturated heterocycles. The molecule has 6 heteroatoms. The van der Waals surface area contributed by atoms with Crippen molar-refractivity contribution in [1.82, 2.24) is 0 Å². The quantitative estimate of drug-likeness (QED) is 0.671. The van der Waals surface area contributed by atoms with E-state index in [0.717, 1.165) is 0 Å². The monoisotopic (exact) mass is 298 g/mol. The van der Waals surface area contributed by atoms with E-state index in [0.29, 0.717) is 23.5 Å². The molecule has 0 aliphatic heterocycles. The van der Waals surface area contributed by atoms with E-state index in [2.05, 4.69) is 5.32 Å². The van der Waals surface area contributed by atoms with Crippen molar-refractivity contribution in [3.8, 4) is 5.75 Å². The predicted molar refractivity (Wildman–Crippen MR) is 84.3 cm³/mol. The van der Waals surface area contributed by atoms with Gasteiger partial charge in [0.1, 0.15) is 5.75 Å². The van der Waals surface area contributed by atoms with Crippen LogP contribution in [-0.2, 0) is 4.79 Å². The molecule has 2 atom stereocenters. The first-order chi connectivity index (χ1) is 9.47. The first kappa shape index (κ1) is 16.7. The number of methoxy groups -OCH3 is 1. The number of hydrogen-bond acceptors (Lipinski definition) is 5. The maximum absolute atomic E-state index is 12.1. The Balaban J connectivity index is 2.66. The molecule has 0 radical (unpaired) electrons. The smallest absolute Gasteiger partial charge is 0.237 e. The first-order valence-electron chi connectivity index (χ1n) is 6.48. The third-order valence-electron chi connectivity index (χ3n) is 2.82. The van der Waals surface area contributed by atoms with Gasteiger partial charge in [0, 0.05) is 23.6 Å². The maximum atomic E-state index is 12.1. The van der Waals surface area contributed by atoms with E-state index in [1.54, 1.807) is 18.2 Å². The third-order valence-corrected chi connectivity index (χ3v) is 4.15. The maximum Gasteiger partial charge on any atom is 0.237 e. The van der Waals surface area contributed by atoms with E-state index in [9.17, 15) is 4.79 Å². The average Bonchev–Trinajstić information content (AvgIpc) is 2.40. The number of anilines is 2. The number of carbonyl (C=O) groups is 1. The Hall–Kier alpha value is -1.40. The summed E-state index contributed by atoms with van der Waals surface area (Å²) in [5, 5.41) is 11.7. The van der Waals surface area contributed by atoms with E-state index in [1.165, 1.54) is 18.9 Å². The van der Waals surface area contributed by atoms with Crippen LogP contribution < -0.4 is 15.8 Å². The van der Waals surface area contributed by atoms with E-state index < -0.39 is 0 Å². The zero-order valence-electron chi connectivity index (χ0n) is 12.1. The summed E-state index contributed by atoms with van der Waals surface area (Å²) in [6.45, 7) is 3.97. The highest BCUT2D eigenvalue weighted by molar-refractivity contribution is 8.01. The molecule has 1 amide bonds. The van der Waals surface area contributed by atoms with Crippen molar-refractivity contribution in [2.45, 2.75) is 30.8 Å². The molecule has 1 rings (SSSR count). The number of benzene rings is 1. The lowest BCUT2D eigenvalue weighted by Crippen LogP contribution is -2.24. The SMILES string of the molecule is COc1cc(N)ccc1NC(=O)C(C)SC(C)CCO. The molecule has 0 aliphatic carbocycles. The summed E-state index contributed by atoms with van der Waals surface area (Å²) in [5.74, 6) is 0.446. The second-order valence-corrected chi connectivity index (χ2v) is 6.33. The van der Waals surface area contributed by atoms with Crippen LogP contribution in [0.3, 0.4) is 0 Å². The van der Waals surface area contributed by atoms with Gasteiger partial charge in [0.05, 0.1) is 18.0 Å². The van der Waals surface area contributed by atoms with Gasteiger partial charge in [-0.3, -0.25) is 4.79 Å². The third kappa shape index (κ3) is 4.94. The Bertz CT molecular complexity index is 454. The second kappa shape index (κ2) is 8.01. The minimum atomic E-state index is -0.209. The molecule has 20 heavy (non-hydrogen) atoms. The normalized spacial score (nSPS) is 13.6. The van der Waals surface area contributed by atoms with E-state index >= 15 is 0 Å². The van der Waals surface area contributed by atoms with Crippen molar-refractivity contribution in [3.63, 3.8) is 0 Å². The lowest BCUT2D eigenvalue weighted by Gasteiger charge is -2.17. The summed E-state index contributed by atoms with van der Waals surface area (Å²) in [4.78, 5) is 12.1. The van der Waals surface area contributed by atoms with E-state index in [-0.39, 0.29) is 23.0 Å². The highest BCUT2D eigenvalue weighted by Crippen LogP contribution is 2.28. The zero-order chi connectivity index (χ0) is 15.1. The molecule has 0 fully saturated rings. The van der Waals surface area contributed by atoms with Crippen LogP contribution in [0.1, 0.15) is 20.3 Å². The molecule has 0 saturated carbocycles. The number of carbonyl (C=O) groups excluding carboxylic acids is 1. The van der Waals surface area contributed by atoms with Crippen LogP contribution in [0, 0.1) is 0 Å². The molecule has 0 spiro atoms. The topological polar surface area (TPSA) is 84.6 Å². The van der Waals surface area contributed by atoms with Crippen molar-refractivity contribution in [3.05, 3.63) is 18.2 Å². The Kier molecular flexibility index (Phi) is 6.67. The van der Waals surface area contributed by atoms with Crippen LogP contribution in [0.15, 0.2) is 18.2 Å². The number of nitrogen functional groups attached to an aromatic ring is 1. The second-order valence-electron chi connectivity index (χ2n) is 4.55. The van der Waals surface area contributed by atoms with Gasteiger partial charge < -0.3 is 20.9 Å². The minimum absolute atomic E-state index is 0.0946. The van der Waals surface area contributed by atoms with Gasteiger partial charge in [-0.25, -0.2) is 0 Å². The van der Waals surface area contributed by atoms with Crippen LogP contribution in [0.5, 0.6) is 5.75 Å². The molecule has 0 heterocycles. The summed E-state index contributed by atoms with van der Waals surface area (Å²) in [6, 6.07) is 5.10. The summed E-state index contributed by atoms with van der Waals surface area (Å²) < 4.78 is 5.19. The number of hydrogen-bond donors (Lipinski definition) is 3. The van der Waals surface area contributed by atoms with Crippen LogP contribution in [0.25, 0.3) is 0 Å². The minimum Gasteiger partial charge on any atom is -0.494 e. The summed E-state index contributed by atoms with van der Waals surface area (Å²) in [5.41, 5.74) is 6.86. The van der Waals surface area contributed by atoms with Crippen LogP contribution in [-0.4, -0.2) is 35.2 Å². The number of nitrogens with one attached hydrogen (secondary N) is 1. The molecular weight excluding hydrogens is 276 g/mol. The fourth-order valence-corrected chi connectivity index (χ4v) is 2.83. The Morgan fingerprint density at radius 2 is 2.20 bits per heavy atom. The Morgan fingerprint density at radius 3 is 2.80 bits per heavy atom. The van der Waals surface area contributed by atoms with Gasteiger partial charge in [-0.05, 0) is 25.5 Å². The van der Waals surface area contributed by atoms with Crippen molar-refractivity contribution in [1.29, 1.82) is 0 Å². The number of amides is 1. The van der Waals surface area contributed by atoms with Gasteiger partial charge in [-0.1, -0.05) is 6.92 Å². The molecule has 0 aromatic heterocycles. The van der Waals surface area contributed by atoms with Crippen molar-refractivity contribution < 1.29 is 14.6 Å². The van der Waals surface area contributed by atoms with Crippen molar-refractivity contribution in [2.75, 3.05) is 24.8 Å². The zero-order valence-corrected chi connectivity index (χ0v) is 12.9. The van der Waals surface area contributed by atoms with Gasteiger partial charge in [-0.15, -0.1) is 11.8 Å². The highest BCUT2D eigenvalue weighted by atomic mass is 32.2. The molecular formula is C14H22N2O3S. The number of rotatable bonds is 7. The molecule has 0 bridgehead atoms. The number of thioether (sulfide) groups is 1. The Morgan fingerprint density at radius 1 is 1.50 bits per heavy atom. The van der Waals surface area contributed by atoms with Crippen LogP contribution in [0.2, 0.25) is 0 Å². The largest absolute Gasteiger partial charge is 0.494 e. The lowest BCUT2D eigenvalue weighted by atomic mass is 10.2. The van der Waals surface area contributed by atoms with Gasteiger partial charge >= 0.3 is 0 Å². The predicted octanol–water partition coefficient (Wildman–Crippen LogP) is 2.11. The fourth-order valence-electron chi connectivity index (χ4n) is 1.71. The summed E-state index contributed by atoms with van der Waals surface area (Å²) >= 11 is 1.53. The highest BCUT2D eigenvalue weighted by Gasteiger charge is 2.18. The molecule has 0 aliphatic rings. The van der Waals surface area contributed by atoms with Crippen molar-refractivity contribution >= 4 is 29.0 Å². The number of aliphatic hydroxyl groups excluding tert-OH is 1. The van der Waals surface area contributed by atoms with Gasteiger partial charge in [0.25, 0.3) is 0 Å². The van der Waals surface area contributed by atoms with Gasteiger partial charge in [-0.2, -0.15) is 0 Å². The summed E-state index contributed by atoms with van der Waals surface area (Å²) in [7, 11) is 1.53. The van der Waals surface area contributed by atoms with E-state index in [4.69, 9.17) is 15.6 Å². The molecule has 112 valence electrons. The molecule has 1 aromatic rings. The first-order valence-corrected chi connectivity index (χ1v) is 7.43. The molecule has 2 unspecified atom stereocenters. The van der Waals surface area contributed by atoms with Crippen LogP contribution >= 0.6 is 11.8 Å². The molecule has 5 nitrogen and oxygen atoms in total. The van der Waals surface area contributed by atoms with Gasteiger partial charge in [0.2, 0.25) is 5.91 Å². The van der Waals surface area contributed by atoms with Crippen LogP contribution in [0.4, 0.5) is 11.4 Å². The number of ether oxygens (including phenoxy) is 1.